The lowest BCUT2D eigenvalue weighted by Crippen LogP contribution is -2.12. The predicted octanol–water partition coefficient (Wildman–Crippen LogP) is 1.57. The van der Waals surface area contributed by atoms with Crippen LogP contribution in [0.15, 0.2) is 10.8 Å². The van der Waals surface area contributed by atoms with Crippen molar-refractivity contribution >= 4 is 5.97 Å². The van der Waals surface area contributed by atoms with E-state index in [2.05, 4.69) is 5.16 Å². The SMILES string of the molecule is O=C(O)CC1CCCc2conc21. The van der Waals surface area contributed by atoms with Crippen molar-refractivity contribution in [1.82, 2.24) is 5.16 Å². The topological polar surface area (TPSA) is 63.3 Å². The van der Waals surface area contributed by atoms with Gasteiger partial charge < -0.3 is 9.63 Å². The van der Waals surface area contributed by atoms with E-state index in [9.17, 15) is 4.79 Å². The number of carboxylic acid groups (broad SMARTS) is 1. The maximum Gasteiger partial charge on any atom is 0.304 e. The number of aryl methyl sites for hydroxylation is 1. The molecular formula is C9H11NO3. The van der Waals surface area contributed by atoms with Crippen LogP contribution in [-0.2, 0) is 11.2 Å². The van der Waals surface area contributed by atoms with Crippen LogP contribution in [0.1, 0.15) is 36.4 Å². The quantitative estimate of drug-likeness (QED) is 0.752. The smallest absolute Gasteiger partial charge is 0.304 e. The number of aliphatic carboxylic acids is 1. The third kappa shape index (κ3) is 1.56. The molecule has 4 heteroatoms. The second kappa shape index (κ2) is 3.20. The molecule has 2 rings (SSSR count). The van der Waals surface area contributed by atoms with Crippen LogP contribution in [0.3, 0.4) is 0 Å². The van der Waals surface area contributed by atoms with Gasteiger partial charge in [0, 0.05) is 11.5 Å². The number of fused-ring (bicyclic) bond motifs is 1. The molecule has 0 amide bonds. The highest BCUT2D eigenvalue weighted by Gasteiger charge is 2.25. The molecule has 1 aromatic heterocycles. The summed E-state index contributed by atoms with van der Waals surface area (Å²) in [7, 11) is 0. The van der Waals surface area contributed by atoms with Crippen LogP contribution in [0.5, 0.6) is 0 Å². The summed E-state index contributed by atoms with van der Waals surface area (Å²) in [5, 5.41) is 12.5. The van der Waals surface area contributed by atoms with Crippen molar-refractivity contribution < 1.29 is 14.4 Å². The van der Waals surface area contributed by atoms with Crippen LogP contribution in [0.4, 0.5) is 0 Å². The second-order valence-electron chi connectivity index (χ2n) is 3.41. The molecule has 0 saturated heterocycles. The first kappa shape index (κ1) is 8.29. The summed E-state index contributed by atoms with van der Waals surface area (Å²) in [5.74, 6) is -0.708. The van der Waals surface area contributed by atoms with E-state index in [0.717, 1.165) is 30.5 Å². The van der Waals surface area contributed by atoms with E-state index < -0.39 is 5.97 Å². The first-order valence-corrected chi connectivity index (χ1v) is 4.42. The Bertz CT molecular complexity index is 318. The predicted molar refractivity (Wildman–Crippen MR) is 44.4 cm³/mol. The van der Waals surface area contributed by atoms with Crippen molar-refractivity contribution in [3.05, 3.63) is 17.5 Å². The Morgan fingerprint density at radius 3 is 3.38 bits per heavy atom. The van der Waals surface area contributed by atoms with Gasteiger partial charge in [-0.15, -0.1) is 0 Å². The Labute approximate surface area is 75.5 Å². The standard InChI is InChI=1S/C9H11NO3/c11-8(12)4-6-2-1-3-7-5-13-10-9(6)7/h5-6H,1-4H2,(H,11,12). The molecule has 0 aromatic carbocycles. The van der Waals surface area contributed by atoms with E-state index >= 15 is 0 Å². The van der Waals surface area contributed by atoms with E-state index in [1.165, 1.54) is 0 Å². The number of carboxylic acids is 1. The first-order valence-electron chi connectivity index (χ1n) is 4.42. The van der Waals surface area contributed by atoms with E-state index in [-0.39, 0.29) is 12.3 Å². The lowest BCUT2D eigenvalue weighted by Gasteiger charge is -2.17. The lowest BCUT2D eigenvalue weighted by molar-refractivity contribution is -0.137. The molecule has 1 aromatic rings. The van der Waals surface area contributed by atoms with Crippen LogP contribution in [0, 0.1) is 0 Å². The summed E-state index contributed by atoms with van der Waals surface area (Å²) in [6.45, 7) is 0. The molecule has 0 aliphatic heterocycles. The molecule has 4 nitrogen and oxygen atoms in total. The Kier molecular flexibility index (Phi) is 2.04. The van der Waals surface area contributed by atoms with Gasteiger partial charge in [-0.25, -0.2) is 0 Å². The van der Waals surface area contributed by atoms with Crippen molar-refractivity contribution in [1.29, 1.82) is 0 Å². The van der Waals surface area contributed by atoms with Crippen LogP contribution < -0.4 is 0 Å². The Morgan fingerprint density at radius 2 is 2.62 bits per heavy atom. The van der Waals surface area contributed by atoms with Crippen LogP contribution in [0.25, 0.3) is 0 Å². The maximum absolute atomic E-state index is 10.5. The van der Waals surface area contributed by atoms with Crippen LogP contribution in [-0.4, -0.2) is 16.2 Å². The van der Waals surface area contributed by atoms with E-state index in [1.54, 1.807) is 6.26 Å². The highest BCUT2D eigenvalue weighted by molar-refractivity contribution is 5.68. The zero-order valence-electron chi connectivity index (χ0n) is 7.19. The maximum atomic E-state index is 10.5. The van der Waals surface area contributed by atoms with Crippen molar-refractivity contribution in [2.45, 2.75) is 31.6 Å². The van der Waals surface area contributed by atoms with Gasteiger partial charge in [-0.05, 0) is 19.3 Å². The Balaban J connectivity index is 2.20. The molecule has 70 valence electrons. The molecule has 0 bridgehead atoms. The van der Waals surface area contributed by atoms with Gasteiger partial charge in [-0.3, -0.25) is 4.79 Å². The van der Waals surface area contributed by atoms with Gasteiger partial charge in [0.2, 0.25) is 0 Å². The van der Waals surface area contributed by atoms with Gasteiger partial charge in [-0.1, -0.05) is 5.16 Å². The highest BCUT2D eigenvalue weighted by atomic mass is 16.5. The van der Waals surface area contributed by atoms with E-state index in [4.69, 9.17) is 9.63 Å². The monoisotopic (exact) mass is 181 g/mol. The fraction of sp³-hybridized carbons (Fsp3) is 0.556. The summed E-state index contributed by atoms with van der Waals surface area (Å²) < 4.78 is 4.84. The summed E-state index contributed by atoms with van der Waals surface area (Å²) >= 11 is 0. The molecule has 0 saturated carbocycles. The minimum Gasteiger partial charge on any atom is -0.481 e. The van der Waals surface area contributed by atoms with Gasteiger partial charge in [0.05, 0.1) is 12.1 Å². The summed E-state index contributed by atoms with van der Waals surface area (Å²) in [4.78, 5) is 10.5. The van der Waals surface area contributed by atoms with E-state index in [0.29, 0.717) is 0 Å². The summed E-state index contributed by atoms with van der Waals surface area (Å²) in [5.41, 5.74) is 1.94. The van der Waals surface area contributed by atoms with Crippen LogP contribution in [0.2, 0.25) is 0 Å². The largest absolute Gasteiger partial charge is 0.481 e. The lowest BCUT2D eigenvalue weighted by atomic mass is 9.86. The molecule has 1 unspecified atom stereocenters. The minimum absolute atomic E-state index is 0.0556. The normalized spacial score (nSPS) is 21.1. The zero-order chi connectivity index (χ0) is 9.26. The van der Waals surface area contributed by atoms with Gasteiger partial charge in [0.25, 0.3) is 0 Å². The Morgan fingerprint density at radius 1 is 1.77 bits per heavy atom. The number of hydrogen-bond acceptors (Lipinski definition) is 3. The minimum atomic E-state index is -0.763. The van der Waals surface area contributed by atoms with Gasteiger partial charge in [-0.2, -0.15) is 0 Å². The molecule has 0 radical (unpaired) electrons. The first-order chi connectivity index (χ1) is 6.27. The molecule has 1 aliphatic rings. The third-order valence-corrected chi connectivity index (χ3v) is 2.48. The number of hydrogen-bond donors (Lipinski definition) is 1. The zero-order valence-corrected chi connectivity index (χ0v) is 7.19. The van der Waals surface area contributed by atoms with Crippen molar-refractivity contribution in [3.8, 4) is 0 Å². The van der Waals surface area contributed by atoms with Gasteiger partial charge in [0.15, 0.2) is 0 Å². The molecule has 1 atom stereocenters. The van der Waals surface area contributed by atoms with Crippen molar-refractivity contribution in [3.63, 3.8) is 0 Å². The molecule has 0 fully saturated rings. The number of carbonyl (C=O) groups is 1. The third-order valence-electron chi connectivity index (χ3n) is 2.48. The molecule has 1 aliphatic carbocycles. The fourth-order valence-electron chi connectivity index (χ4n) is 1.87. The van der Waals surface area contributed by atoms with E-state index in [1.807, 2.05) is 0 Å². The van der Waals surface area contributed by atoms with Crippen molar-refractivity contribution in [2.75, 3.05) is 0 Å². The fourth-order valence-corrected chi connectivity index (χ4v) is 1.87. The van der Waals surface area contributed by atoms with Crippen LogP contribution >= 0.6 is 0 Å². The second-order valence-corrected chi connectivity index (χ2v) is 3.41. The number of aromatic nitrogens is 1. The molecule has 1 N–H and O–H groups in total. The van der Waals surface area contributed by atoms with Crippen molar-refractivity contribution in [2.24, 2.45) is 0 Å². The summed E-state index contributed by atoms with van der Waals surface area (Å²) in [6, 6.07) is 0. The number of nitrogens with zero attached hydrogens (tertiary/aromatic N) is 1. The van der Waals surface area contributed by atoms with Gasteiger partial charge in [0.1, 0.15) is 6.26 Å². The molecular weight excluding hydrogens is 170 g/mol. The highest BCUT2D eigenvalue weighted by Crippen LogP contribution is 2.32. The van der Waals surface area contributed by atoms with Gasteiger partial charge >= 0.3 is 5.97 Å². The average molecular weight is 181 g/mol. The summed E-state index contributed by atoms with van der Waals surface area (Å²) in [6.07, 6.45) is 4.70. The Hall–Kier alpha value is -1.32. The molecule has 13 heavy (non-hydrogen) atoms. The molecule has 1 heterocycles. The number of rotatable bonds is 2. The molecule has 0 spiro atoms. The average Bonchev–Trinajstić information content (AvgIpc) is 2.51.